The van der Waals surface area contributed by atoms with Gasteiger partial charge < -0.3 is 10.2 Å². The molecule has 104 valence electrons. The fourth-order valence-electron chi connectivity index (χ4n) is 1.82. The Kier molecular flexibility index (Phi) is 7.77. The Morgan fingerprint density at radius 1 is 1.44 bits per heavy atom. The van der Waals surface area contributed by atoms with E-state index in [0.717, 1.165) is 30.8 Å². The van der Waals surface area contributed by atoms with Crippen molar-refractivity contribution in [1.82, 2.24) is 15.1 Å². The summed E-state index contributed by atoms with van der Waals surface area (Å²) < 4.78 is 2.82. The van der Waals surface area contributed by atoms with Gasteiger partial charge in [-0.05, 0) is 34.4 Å². The van der Waals surface area contributed by atoms with E-state index in [9.17, 15) is 0 Å². The minimum Gasteiger partial charge on any atom is -0.354 e. The monoisotopic (exact) mass is 334 g/mol. The molecule has 0 unspecified atom stereocenters. The third kappa shape index (κ3) is 5.20. The average molecular weight is 335 g/mol. The molecule has 1 saturated heterocycles. The summed E-state index contributed by atoms with van der Waals surface area (Å²) in [6.07, 6.45) is 3.44. The number of nitrogens with zero attached hydrogens (tertiary/aromatic N) is 3. The van der Waals surface area contributed by atoms with E-state index in [4.69, 9.17) is 0 Å². The van der Waals surface area contributed by atoms with Crippen LogP contribution in [0.1, 0.15) is 13.3 Å². The molecule has 1 aliphatic rings. The second-order valence-electron chi connectivity index (χ2n) is 4.18. The molecule has 0 aliphatic carbocycles. The highest BCUT2D eigenvalue weighted by Gasteiger charge is 2.14. The van der Waals surface area contributed by atoms with Gasteiger partial charge in [-0.15, -0.1) is 0 Å². The Morgan fingerprint density at radius 3 is 2.50 bits per heavy atom. The topological polar surface area (TPSA) is 33.1 Å². The smallest absolute Gasteiger partial charge is 0.130 e. The highest BCUT2D eigenvalue weighted by molar-refractivity contribution is 9.10. The van der Waals surface area contributed by atoms with Crippen molar-refractivity contribution in [3.8, 4) is 0 Å². The Hall–Kier alpha value is -0.200. The lowest BCUT2D eigenvalue weighted by atomic mass is 10.3. The summed E-state index contributed by atoms with van der Waals surface area (Å²) in [5.41, 5.74) is 0. The molecule has 1 aromatic heterocycles. The van der Waals surface area contributed by atoms with Gasteiger partial charge in [0.2, 0.25) is 0 Å². The molecule has 0 atom stereocenters. The van der Waals surface area contributed by atoms with E-state index >= 15 is 0 Å². The van der Waals surface area contributed by atoms with Gasteiger partial charge in [-0.2, -0.15) is 16.9 Å². The maximum Gasteiger partial charge on any atom is 0.130 e. The van der Waals surface area contributed by atoms with Gasteiger partial charge >= 0.3 is 0 Å². The third-order valence-electron chi connectivity index (χ3n) is 2.67. The molecule has 2 heterocycles. The number of hydrogen-bond acceptors (Lipinski definition) is 4. The first-order valence-corrected chi connectivity index (χ1v) is 8.51. The van der Waals surface area contributed by atoms with Crippen molar-refractivity contribution in [3.05, 3.63) is 10.7 Å². The first-order chi connectivity index (χ1) is 8.69. The van der Waals surface area contributed by atoms with Gasteiger partial charge in [-0.1, -0.05) is 6.92 Å². The van der Waals surface area contributed by atoms with Crippen molar-refractivity contribution in [3.63, 3.8) is 0 Å². The number of anilines is 1. The predicted octanol–water partition coefficient (Wildman–Crippen LogP) is 2.35. The second-order valence-corrected chi connectivity index (χ2v) is 5.98. The summed E-state index contributed by atoms with van der Waals surface area (Å²) in [5.74, 6) is 2.49. The number of halogens is 1. The predicted molar refractivity (Wildman–Crippen MR) is 84.7 cm³/mol. The van der Waals surface area contributed by atoms with Crippen molar-refractivity contribution in [2.45, 2.75) is 13.3 Å². The maximum absolute atomic E-state index is 4.26. The summed E-state index contributed by atoms with van der Waals surface area (Å²) in [5, 5.41) is 7.59. The summed E-state index contributed by atoms with van der Waals surface area (Å²) in [6.45, 7) is 6.43. The van der Waals surface area contributed by atoms with E-state index in [1.54, 1.807) is 0 Å². The van der Waals surface area contributed by atoms with E-state index in [1.165, 1.54) is 18.0 Å². The van der Waals surface area contributed by atoms with Crippen molar-refractivity contribution >= 4 is 33.5 Å². The molecule has 1 fully saturated rings. The number of thioether (sulfide) groups is 1. The van der Waals surface area contributed by atoms with Gasteiger partial charge in [0.1, 0.15) is 10.4 Å². The molecule has 0 amide bonds. The lowest BCUT2D eigenvalue weighted by Gasteiger charge is -2.28. The number of piperazine rings is 1. The molecular formula is C12H23BrN4S. The zero-order valence-corrected chi connectivity index (χ0v) is 13.9. The van der Waals surface area contributed by atoms with Crippen LogP contribution in [-0.4, -0.2) is 48.0 Å². The number of nitrogens with one attached hydrogen (secondary N) is 1. The Morgan fingerprint density at radius 2 is 2.11 bits per heavy atom. The van der Waals surface area contributed by atoms with E-state index in [0.29, 0.717) is 0 Å². The molecule has 18 heavy (non-hydrogen) atoms. The number of aromatic nitrogens is 2. The van der Waals surface area contributed by atoms with Crippen LogP contribution in [0.3, 0.4) is 0 Å². The average Bonchev–Trinajstić information content (AvgIpc) is 2.71. The third-order valence-corrected chi connectivity index (χ3v) is 3.88. The van der Waals surface area contributed by atoms with E-state index in [-0.39, 0.29) is 0 Å². The standard InChI is InChI=1S/C8H13BrN4.C4H10S/c1-12-8(6-7(9)11-12)13-4-2-10-3-5-13;1-3-4-5-2/h6,10H,2-5H2,1H3;3-4H2,1-2H3. The number of rotatable bonds is 3. The molecule has 2 rings (SSSR count). The summed E-state index contributed by atoms with van der Waals surface area (Å²) >= 11 is 5.28. The van der Waals surface area contributed by atoms with Crippen LogP contribution in [0.25, 0.3) is 0 Å². The molecule has 1 aliphatic heterocycles. The van der Waals surface area contributed by atoms with Crippen LogP contribution in [0.15, 0.2) is 10.7 Å². The van der Waals surface area contributed by atoms with Gasteiger partial charge in [0.05, 0.1) is 0 Å². The molecule has 0 radical (unpaired) electrons. The molecule has 1 aromatic rings. The fourth-order valence-corrected chi connectivity index (χ4v) is 2.67. The highest BCUT2D eigenvalue weighted by Crippen LogP contribution is 2.18. The van der Waals surface area contributed by atoms with Crippen molar-refractivity contribution in [1.29, 1.82) is 0 Å². The quantitative estimate of drug-likeness (QED) is 0.919. The second kappa shape index (κ2) is 8.82. The van der Waals surface area contributed by atoms with Crippen molar-refractivity contribution in [2.75, 3.05) is 43.1 Å². The van der Waals surface area contributed by atoms with E-state index in [1.807, 2.05) is 23.5 Å². The first kappa shape index (κ1) is 15.9. The van der Waals surface area contributed by atoms with Gasteiger partial charge in [0.25, 0.3) is 0 Å². The van der Waals surface area contributed by atoms with Crippen molar-refractivity contribution < 1.29 is 0 Å². The Bertz CT molecular complexity index is 335. The van der Waals surface area contributed by atoms with Gasteiger partial charge in [0, 0.05) is 39.3 Å². The zero-order valence-electron chi connectivity index (χ0n) is 11.4. The van der Waals surface area contributed by atoms with Crippen LogP contribution >= 0.6 is 27.7 Å². The fraction of sp³-hybridized carbons (Fsp3) is 0.750. The van der Waals surface area contributed by atoms with Crippen LogP contribution in [0.2, 0.25) is 0 Å². The molecule has 0 saturated carbocycles. The molecule has 0 spiro atoms. The van der Waals surface area contributed by atoms with Crippen LogP contribution in [-0.2, 0) is 7.05 Å². The molecule has 0 bridgehead atoms. The first-order valence-electron chi connectivity index (χ1n) is 6.33. The minimum absolute atomic E-state index is 0.906. The Balaban J connectivity index is 0.000000280. The van der Waals surface area contributed by atoms with Crippen LogP contribution in [0.5, 0.6) is 0 Å². The molecule has 4 nitrogen and oxygen atoms in total. The normalized spacial score (nSPS) is 15.2. The largest absolute Gasteiger partial charge is 0.354 e. The minimum atomic E-state index is 0.906. The lowest BCUT2D eigenvalue weighted by Crippen LogP contribution is -2.44. The molecular weight excluding hydrogens is 312 g/mol. The molecule has 6 heteroatoms. The Labute approximate surface area is 123 Å². The zero-order chi connectivity index (χ0) is 13.4. The van der Waals surface area contributed by atoms with Crippen LogP contribution < -0.4 is 10.2 Å². The van der Waals surface area contributed by atoms with Crippen LogP contribution in [0, 0.1) is 0 Å². The van der Waals surface area contributed by atoms with E-state index in [2.05, 4.69) is 50.5 Å². The van der Waals surface area contributed by atoms with Gasteiger partial charge in [0.15, 0.2) is 0 Å². The van der Waals surface area contributed by atoms with Gasteiger partial charge in [-0.3, -0.25) is 4.68 Å². The van der Waals surface area contributed by atoms with Gasteiger partial charge in [-0.25, -0.2) is 0 Å². The molecule has 1 N–H and O–H groups in total. The maximum atomic E-state index is 4.26. The number of hydrogen-bond donors (Lipinski definition) is 1. The lowest BCUT2D eigenvalue weighted by molar-refractivity contribution is 0.572. The molecule has 0 aromatic carbocycles. The summed E-state index contributed by atoms with van der Waals surface area (Å²) in [7, 11) is 1.97. The SMILES string of the molecule is CCCSC.Cn1nc(Br)cc1N1CCNCC1. The number of aryl methyl sites for hydroxylation is 1. The summed E-state index contributed by atoms with van der Waals surface area (Å²) in [4.78, 5) is 2.34. The highest BCUT2D eigenvalue weighted by atomic mass is 79.9. The van der Waals surface area contributed by atoms with Crippen LogP contribution in [0.4, 0.5) is 5.82 Å². The van der Waals surface area contributed by atoms with E-state index < -0.39 is 0 Å². The van der Waals surface area contributed by atoms with Crippen molar-refractivity contribution in [2.24, 2.45) is 7.05 Å². The summed E-state index contributed by atoms with van der Waals surface area (Å²) in [6, 6.07) is 2.06.